The fourth-order valence-electron chi connectivity index (χ4n) is 2.10. The molecule has 0 spiro atoms. The van der Waals surface area contributed by atoms with Crippen molar-refractivity contribution in [1.82, 2.24) is 4.98 Å². The van der Waals surface area contributed by atoms with Gasteiger partial charge in [-0.3, -0.25) is 9.78 Å². The molecular formula is C18H13F2N3O3. The van der Waals surface area contributed by atoms with Gasteiger partial charge in [0.25, 0.3) is 5.91 Å². The van der Waals surface area contributed by atoms with Gasteiger partial charge >= 0.3 is 0 Å². The number of nitrogens with two attached hydrogens (primary N) is 1. The number of carbonyl (C=O) groups is 1. The lowest BCUT2D eigenvalue weighted by molar-refractivity contribution is 0.102. The van der Waals surface area contributed by atoms with E-state index in [0.29, 0.717) is 0 Å². The number of phenolic OH excluding ortho intramolecular Hbond substituents is 1. The van der Waals surface area contributed by atoms with E-state index < -0.39 is 17.5 Å². The molecule has 0 unspecified atom stereocenters. The van der Waals surface area contributed by atoms with E-state index in [0.717, 1.165) is 12.1 Å². The summed E-state index contributed by atoms with van der Waals surface area (Å²) in [5.41, 5.74) is 5.24. The number of benzene rings is 2. The molecule has 0 atom stereocenters. The molecule has 26 heavy (non-hydrogen) atoms. The van der Waals surface area contributed by atoms with E-state index in [9.17, 15) is 18.7 Å². The van der Waals surface area contributed by atoms with Crippen LogP contribution in [0.4, 0.5) is 20.2 Å². The van der Waals surface area contributed by atoms with Crippen LogP contribution in [-0.4, -0.2) is 16.0 Å². The van der Waals surface area contributed by atoms with Gasteiger partial charge < -0.3 is 20.9 Å². The number of nitrogen functional groups attached to an aromatic ring is 1. The highest BCUT2D eigenvalue weighted by Gasteiger charge is 2.12. The number of rotatable bonds is 4. The second kappa shape index (κ2) is 7.06. The van der Waals surface area contributed by atoms with Gasteiger partial charge in [-0.1, -0.05) is 0 Å². The minimum Gasteiger partial charge on any atom is -0.508 e. The lowest BCUT2D eigenvalue weighted by Crippen LogP contribution is -2.14. The monoisotopic (exact) mass is 357 g/mol. The van der Waals surface area contributed by atoms with Crippen LogP contribution in [-0.2, 0) is 0 Å². The summed E-state index contributed by atoms with van der Waals surface area (Å²) in [5, 5.41) is 11.5. The van der Waals surface area contributed by atoms with Gasteiger partial charge in [0.05, 0.1) is 11.4 Å². The molecule has 0 saturated carbocycles. The smallest absolute Gasteiger partial charge is 0.274 e. The average molecular weight is 357 g/mol. The third-order valence-corrected chi connectivity index (χ3v) is 3.37. The summed E-state index contributed by atoms with van der Waals surface area (Å²) >= 11 is 0. The van der Waals surface area contributed by atoms with E-state index in [-0.39, 0.29) is 34.3 Å². The maximum Gasteiger partial charge on any atom is 0.274 e. The number of ether oxygens (including phenoxy) is 1. The van der Waals surface area contributed by atoms with Crippen LogP contribution in [0.5, 0.6) is 17.2 Å². The number of amides is 1. The molecule has 2 aromatic carbocycles. The maximum atomic E-state index is 13.7. The minimum absolute atomic E-state index is 0.0110. The van der Waals surface area contributed by atoms with Crippen molar-refractivity contribution in [2.24, 2.45) is 0 Å². The van der Waals surface area contributed by atoms with Gasteiger partial charge in [0, 0.05) is 24.4 Å². The predicted molar refractivity (Wildman–Crippen MR) is 91.1 cm³/mol. The molecule has 1 aromatic heterocycles. The average Bonchev–Trinajstić information content (AvgIpc) is 2.61. The third-order valence-electron chi connectivity index (χ3n) is 3.37. The second-order valence-electron chi connectivity index (χ2n) is 5.28. The van der Waals surface area contributed by atoms with Crippen molar-refractivity contribution in [2.75, 3.05) is 11.1 Å². The van der Waals surface area contributed by atoms with Gasteiger partial charge in [0.1, 0.15) is 34.6 Å². The Balaban J connectivity index is 1.77. The Hall–Kier alpha value is -3.68. The number of phenols is 1. The highest BCUT2D eigenvalue weighted by molar-refractivity contribution is 6.03. The molecule has 6 nitrogen and oxygen atoms in total. The van der Waals surface area contributed by atoms with Crippen LogP contribution in [0, 0.1) is 11.6 Å². The van der Waals surface area contributed by atoms with Gasteiger partial charge in [0.2, 0.25) is 0 Å². The number of nitrogens with zero attached hydrogens (tertiary/aromatic N) is 1. The SMILES string of the molecule is Nc1ccc(Oc2ccnc(C(=O)Nc3ccc(O)cc3F)c2)cc1F. The van der Waals surface area contributed by atoms with E-state index in [1.807, 2.05) is 0 Å². The summed E-state index contributed by atoms with van der Waals surface area (Å²) in [5.74, 6) is -1.92. The Kier molecular flexibility index (Phi) is 4.66. The molecule has 132 valence electrons. The Bertz CT molecular complexity index is 980. The Morgan fingerprint density at radius 3 is 2.54 bits per heavy atom. The van der Waals surface area contributed by atoms with Crippen LogP contribution in [0.1, 0.15) is 10.5 Å². The molecule has 3 rings (SSSR count). The largest absolute Gasteiger partial charge is 0.508 e. The molecule has 1 heterocycles. The first-order valence-corrected chi connectivity index (χ1v) is 7.41. The number of carbonyl (C=O) groups excluding carboxylic acids is 1. The summed E-state index contributed by atoms with van der Waals surface area (Å²) in [7, 11) is 0. The Morgan fingerprint density at radius 2 is 1.81 bits per heavy atom. The molecule has 0 fully saturated rings. The van der Waals surface area contributed by atoms with Gasteiger partial charge in [0.15, 0.2) is 0 Å². The standard InChI is InChI=1S/C18H13F2N3O3/c19-13-8-11(2-3-15(13)21)26-12-5-6-22-17(9-12)18(25)23-16-4-1-10(24)7-14(16)20/h1-9,24H,21H2,(H,23,25). The van der Waals surface area contributed by atoms with Crippen LogP contribution in [0.25, 0.3) is 0 Å². The van der Waals surface area contributed by atoms with E-state index in [4.69, 9.17) is 10.5 Å². The molecular weight excluding hydrogens is 344 g/mol. The third kappa shape index (κ3) is 3.86. The number of aromatic nitrogens is 1. The zero-order valence-corrected chi connectivity index (χ0v) is 13.2. The molecule has 4 N–H and O–H groups in total. The number of hydrogen-bond acceptors (Lipinski definition) is 5. The topological polar surface area (TPSA) is 97.5 Å². The Labute approximate surface area is 146 Å². The second-order valence-corrected chi connectivity index (χ2v) is 5.28. The first kappa shape index (κ1) is 17.2. The number of halogens is 2. The van der Waals surface area contributed by atoms with Gasteiger partial charge in [-0.15, -0.1) is 0 Å². The summed E-state index contributed by atoms with van der Waals surface area (Å²) in [6.07, 6.45) is 1.32. The highest BCUT2D eigenvalue weighted by atomic mass is 19.1. The molecule has 0 bridgehead atoms. The molecule has 0 aliphatic heterocycles. The van der Waals surface area contributed by atoms with Crippen molar-refractivity contribution in [3.63, 3.8) is 0 Å². The van der Waals surface area contributed by atoms with Crippen molar-refractivity contribution in [2.45, 2.75) is 0 Å². The fourth-order valence-corrected chi connectivity index (χ4v) is 2.10. The van der Waals surface area contributed by atoms with Crippen molar-refractivity contribution in [3.8, 4) is 17.2 Å². The molecule has 3 aromatic rings. The molecule has 0 radical (unpaired) electrons. The zero-order chi connectivity index (χ0) is 18.7. The van der Waals surface area contributed by atoms with Crippen molar-refractivity contribution in [1.29, 1.82) is 0 Å². The normalized spacial score (nSPS) is 10.4. The lowest BCUT2D eigenvalue weighted by atomic mass is 10.2. The molecule has 0 saturated heterocycles. The zero-order valence-electron chi connectivity index (χ0n) is 13.2. The number of nitrogens with one attached hydrogen (secondary N) is 1. The number of aromatic hydroxyl groups is 1. The van der Waals surface area contributed by atoms with Crippen molar-refractivity contribution >= 4 is 17.3 Å². The fraction of sp³-hybridized carbons (Fsp3) is 0. The summed E-state index contributed by atoms with van der Waals surface area (Å²) in [6, 6.07) is 10.1. The quantitative estimate of drug-likeness (QED) is 0.489. The van der Waals surface area contributed by atoms with Crippen molar-refractivity contribution in [3.05, 3.63) is 72.1 Å². The number of anilines is 2. The van der Waals surface area contributed by atoms with Crippen molar-refractivity contribution < 1.29 is 23.4 Å². The van der Waals surface area contributed by atoms with Crippen LogP contribution in [0.15, 0.2) is 54.7 Å². The van der Waals surface area contributed by atoms with E-state index >= 15 is 0 Å². The van der Waals surface area contributed by atoms with Crippen LogP contribution >= 0.6 is 0 Å². The highest BCUT2D eigenvalue weighted by Crippen LogP contribution is 2.25. The van der Waals surface area contributed by atoms with Crippen LogP contribution in [0.3, 0.4) is 0 Å². The minimum atomic E-state index is -0.789. The van der Waals surface area contributed by atoms with Crippen LogP contribution in [0.2, 0.25) is 0 Å². The maximum absolute atomic E-state index is 13.7. The van der Waals surface area contributed by atoms with Gasteiger partial charge in [-0.05, 0) is 30.3 Å². The number of hydrogen-bond donors (Lipinski definition) is 3. The Morgan fingerprint density at radius 1 is 1.04 bits per heavy atom. The molecule has 0 aliphatic carbocycles. The van der Waals surface area contributed by atoms with E-state index in [1.165, 1.54) is 42.6 Å². The first-order valence-electron chi connectivity index (χ1n) is 7.41. The molecule has 0 aliphatic rings. The number of pyridine rings is 1. The first-order chi connectivity index (χ1) is 12.4. The van der Waals surface area contributed by atoms with E-state index in [2.05, 4.69) is 10.3 Å². The lowest BCUT2D eigenvalue weighted by Gasteiger charge is -2.09. The van der Waals surface area contributed by atoms with E-state index in [1.54, 1.807) is 0 Å². The summed E-state index contributed by atoms with van der Waals surface area (Å²) < 4.78 is 32.6. The molecule has 1 amide bonds. The van der Waals surface area contributed by atoms with Gasteiger partial charge in [-0.25, -0.2) is 8.78 Å². The summed E-state index contributed by atoms with van der Waals surface area (Å²) in [4.78, 5) is 16.1. The van der Waals surface area contributed by atoms with Gasteiger partial charge in [-0.2, -0.15) is 0 Å². The predicted octanol–water partition coefficient (Wildman–Crippen LogP) is 3.69. The van der Waals surface area contributed by atoms with Crippen LogP contribution < -0.4 is 15.8 Å². The molecule has 8 heteroatoms. The summed E-state index contributed by atoms with van der Waals surface area (Å²) in [6.45, 7) is 0.